The molecular weight excluding hydrogens is 270 g/mol. The van der Waals surface area contributed by atoms with E-state index in [2.05, 4.69) is 5.32 Å². The lowest BCUT2D eigenvalue weighted by molar-refractivity contribution is -0.142. The topological polar surface area (TPSA) is 75.6 Å². The van der Waals surface area contributed by atoms with Crippen LogP contribution in [0.25, 0.3) is 0 Å². The zero-order valence-corrected chi connectivity index (χ0v) is 12.4. The van der Waals surface area contributed by atoms with Gasteiger partial charge in [0.25, 0.3) is 0 Å². The molecule has 1 atom stereocenters. The van der Waals surface area contributed by atoms with Crippen LogP contribution in [-0.2, 0) is 9.59 Å². The van der Waals surface area contributed by atoms with Gasteiger partial charge in [-0.1, -0.05) is 38.0 Å². The lowest BCUT2D eigenvalue weighted by Crippen LogP contribution is -2.40. The highest BCUT2D eigenvalue weighted by Crippen LogP contribution is 2.09. The summed E-state index contributed by atoms with van der Waals surface area (Å²) in [5.41, 5.74) is 0. The molecule has 1 rings (SSSR count). The van der Waals surface area contributed by atoms with Crippen molar-refractivity contribution in [2.75, 3.05) is 6.61 Å². The van der Waals surface area contributed by atoms with Gasteiger partial charge in [0.15, 0.2) is 0 Å². The minimum absolute atomic E-state index is 0.241. The predicted molar refractivity (Wildman–Crippen MR) is 80.3 cm³/mol. The monoisotopic (exact) mass is 293 g/mol. The lowest BCUT2D eigenvalue weighted by Gasteiger charge is -2.14. The Morgan fingerprint density at radius 1 is 1.24 bits per heavy atom. The molecule has 116 valence electrons. The third-order valence-corrected chi connectivity index (χ3v) is 3.04. The summed E-state index contributed by atoms with van der Waals surface area (Å²) in [6, 6.07) is 8.59. The quantitative estimate of drug-likeness (QED) is 0.650. The molecule has 0 unspecified atom stereocenters. The van der Waals surface area contributed by atoms with Gasteiger partial charge in [0, 0.05) is 6.42 Å². The van der Waals surface area contributed by atoms with Gasteiger partial charge < -0.3 is 15.2 Å². The molecule has 1 aromatic carbocycles. The van der Waals surface area contributed by atoms with Gasteiger partial charge in [-0.05, 0) is 25.0 Å². The number of nitrogens with one attached hydrogen (secondary N) is 1. The SMILES string of the molecule is CCCC[C@H](NC(=O)CCCOc1ccccc1)C(=O)O. The number of benzene rings is 1. The number of ether oxygens (including phenoxy) is 1. The molecule has 0 saturated carbocycles. The summed E-state index contributed by atoms with van der Waals surface area (Å²) in [5.74, 6) is -0.447. The highest BCUT2D eigenvalue weighted by Gasteiger charge is 2.18. The summed E-state index contributed by atoms with van der Waals surface area (Å²) in [5, 5.41) is 11.6. The molecule has 0 bridgehead atoms. The fraction of sp³-hybridized carbons (Fsp3) is 0.500. The van der Waals surface area contributed by atoms with Crippen LogP contribution in [0.5, 0.6) is 5.75 Å². The van der Waals surface area contributed by atoms with E-state index in [9.17, 15) is 9.59 Å². The second kappa shape index (κ2) is 9.80. The molecule has 0 saturated heterocycles. The van der Waals surface area contributed by atoms with Crippen LogP contribution in [0.1, 0.15) is 39.0 Å². The molecule has 0 aliphatic rings. The summed E-state index contributed by atoms with van der Waals surface area (Å²) in [6.07, 6.45) is 2.99. The fourth-order valence-corrected chi connectivity index (χ4v) is 1.87. The highest BCUT2D eigenvalue weighted by atomic mass is 16.5. The summed E-state index contributed by atoms with van der Waals surface area (Å²) >= 11 is 0. The predicted octanol–water partition coefficient (Wildman–Crippen LogP) is 2.61. The largest absolute Gasteiger partial charge is 0.494 e. The van der Waals surface area contributed by atoms with Gasteiger partial charge in [0.05, 0.1) is 6.61 Å². The van der Waals surface area contributed by atoms with Gasteiger partial charge in [-0.25, -0.2) is 4.79 Å². The average Bonchev–Trinajstić information content (AvgIpc) is 2.48. The smallest absolute Gasteiger partial charge is 0.326 e. The highest BCUT2D eigenvalue weighted by molar-refractivity contribution is 5.83. The van der Waals surface area contributed by atoms with Crippen molar-refractivity contribution >= 4 is 11.9 Å². The van der Waals surface area contributed by atoms with Gasteiger partial charge in [0.2, 0.25) is 5.91 Å². The first-order valence-corrected chi connectivity index (χ1v) is 7.33. The van der Waals surface area contributed by atoms with Crippen LogP contribution in [0.15, 0.2) is 30.3 Å². The van der Waals surface area contributed by atoms with E-state index in [1.165, 1.54) is 0 Å². The fourth-order valence-electron chi connectivity index (χ4n) is 1.87. The molecule has 1 amide bonds. The number of carboxylic acids is 1. The molecule has 2 N–H and O–H groups in total. The van der Waals surface area contributed by atoms with Crippen molar-refractivity contribution in [2.45, 2.75) is 45.1 Å². The Hall–Kier alpha value is -2.04. The van der Waals surface area contributed by atoms with Crippen LogP contribution in [0.3, 0.4) is 0 Å². The first-order valence-electron chi connectivity index (χ1n) is 7.33. The van der Waals surface area contributed by atoms with Gasteiger partial charge >= 0.3 is 5.97 Å². The Balaban J connectivity index is 2.21. The Morgan fingerprint density at radius 3 is 2.57 bits per heavy atom. The Kier molecular flexibility index (Phi) is 7.94. The van der Waals surface area contributed by atoms with Crippen LogP contribution in [0.2, 0.25) is 0 Å². The average molecular weight is 293 g/mol. The van der Waals surface area contributed by atoms with Gasteiger partial charge in [-0.2, -0.15) is 0 Å². The Labute approximate surface area is 125 Å². The van der Waals surface area contributed by atoms with E-state index in [4.69, 9.17) is 9.84 Å². The number of carboxylic acid groups (broad SMARTS) is 1. The number of unbranched alkanes of at least 4 members (excludes halogenated alkanes) is 1. The molecule has 21 heavy (non-hydrogen) atoms. The summed E-state index contributed by atoms with van der Waals surface area (Å²) in [6.45, 7) is 2.42. The molecule has 0 aromatic heterocycles. The Bertz CT molecular complexity index is 433. The van der Waals surface area contributed by atoms with E-state index in [1.807, 2.05) is 37.3 Å². The lowest BCUT2D eigenvalue weighted by atomic mass is 10.1. The number of aliphatic carboxylic acids is 1. The standard InChI is InChI=1S/C16H23NO4/c1-2-3-10-14(16(19)20)17-15(18)11-7-12-21-13-8-5-4-6-9-13/h4-6,8-9,14H,2-3,7,10-12H2,1H3,(H,17,18)(H,19,20)/t14-/m0/s1. The number of hydrogen-bond donors (Lipinski definition) is 2. The molecule has 0 spiro atoms. The number of hydrogen-bond acceptors (Lipinski definition) is 3. The maximum absolute atomic E-state index is 11.7. The van der Waals surface area contributed by atoms with Gasteiger partial charge in [-0.15, -0.1) is 0 Å². The molecule has 0 heterocycles. The molecule has 5 heteroatoms. The van der Waals surface area contributed by atoms with Crippen molar-refractivity contribution in [3.8, 4) is 5.75 Å². The van der Waals surface area contributed by atoms with Crippen molar-refractivity contribution in [3.63, 3.8) is 0 Å². The van der Waals surface area contributed by atoms with Gasteiger partial charge in [0.1, 0.15) is 11.8 Å². The van der Waals surface area contributed by atoms with E-state index in [-0.39, 0.29) is 12.3 Å². The van der Waals surface area contributed by atoms with E-state index < -0.39 is 12.0 Å². The van der Waals surface area contributed by atoms with Crippen molar-refractivity contribution < 1.29 is 19.4 Å². The number of rotatable bonds is 10. The molecular formula is C16H23NO4. The van der Waals surface area contributed by atoms with E-state index >= 15 is 0 Å². The van der Waals surface area contributed by atoms with Crippen molar-refractivity contribution in [2.24, 2.45) is 0 Å². The first kappa shape index (κ1) is 17.0. The molecule has 0 radical (unpaired) electrons. The number of para-hydroxylation sites is 1. The number of amides is 1. The molecule has 0 aliphatic carbocycles. The van der Waals surface area contributed by atoms with Crippen molar-refractivity contribution in [1.82, 2.24) is 5.32 Å². The minimum Gasteiger partial charge on any atom is -0.494 e. The molecule has 1 aromatic rings. The summed E-state index contributed by atoms with van der Waals surface area (Å²) in [4.78, 5) is 22.7. The van der Waals surface area contributed by atoms with Crippen molar-refractivity contribution in [1.29, 1.82) is 0 Å². The van der Waals surface area contributed by atoms with E-state index in [1.54, 1.807) is 0 Å². The van der Waals surface area contributed by atoms with E-state index in [0.29, 0.717) is 19.4 Å². The normalized spacial score (nSPS) is 11.7. The molecule has 0 aliphatic heterocycles. The minimum atomic E-state index is -0.975. The number of carbonyl (C=O) groups excluding carboxylic acids is 1. The second-order valence-corrected chi connectivity index (χ2v) is 4.87. The maximum Gasteiger partial charge on any atom is 0.326 e. The third kappa shape index (κ3) is 7.34. The van der Waals surface area contributed by atoms with Gasteiger partial charge in [-0.3, -0.25) is 4.79 Å². The Morgan fingerprint density at radius 2 is 1.95 bits per heavy atom. The molecule has 0 fully saturated rings. The summed E-state index contributed by atoms with van der Waals surface area (Å²) in [7, 11) is 0. The van der Waals surface area contributed by atoms with Crippen LogP contribution in [0.4, 0.5) is 0 Å². The zero-order valence-electron chi connectivity index (χ0n) is 12.4. The van der Waals surface area contributed by atoms with Crippen LogP contribution >= 0.6 is 0 Å². The third-order valence-electron chi connectivity index (χ3n) is 3.04. The first-order chi connectivity index (χ1) is 10.1. The van der Waals surface area contributed by atoms with E-state index in [0.717, 1.165) is 18.6 Å². The van der Waals surface area contributed by atoms with Crippen LogP contribution in [0, 0.1) is 0 Å². The second-order valence-electron chi connectivity index (χ2n) is 4.87. The van der Waals surface area contributed by atoms with Crippen LogP contribution in [-0.4, -0.2) is 29.6 Å². The van der Waals surface area contributed by atoms with Crippen molar-refractivity contribution in [3.05, 3.63) is 30.3 Å². The molecule has 5 nitrogen and oxygen atoms in total. The maximum atomic E-state index is 11.7. The number of carbonyl (C=O) groups is 2. The van der Waals surface area contributed by atoms with Crippen LogP contribution < -0.4 is 10.1 Å². The summed E-state index contributed by atoms with van der Waals surface area (Å²) < 4.78 is 5.48. The zero-order chi connectivity index (χ0) is 15.5.